The quantitative estimate of drug-likeness (QED) is 0.696. The molecule has 1 saturated heterocycles. The highest BCUT2D eigenvalue weighted by atomic mass is 16.6. The maximum atomic E-state index is 8.55. The van der Waals surface area contributed by atoms with Gasteiger partial charge in [0.1, 0.15) is 0 Å². The van der Waals surface area contributed by atoms with E-state index in [2.05, 4.69) is 30.1 Å². The second-order valence-corrected chi connectivity index (χ2v) is 3.84. The zero-order valence-electron chi connectivity index (χ0n) is 8.81. The van der Waals surface area contributed by atoms with E-state index in [-0.39, 0.29) is 0 Å². The summed E-state index contributed by atoms with van der Waals surface area (Å²) in [4.78, 5) is 2.17. The Morgan fingerprint density at radius 3 is 2.67 bits per heavy atom. The number of anilines is 1. The minimum Gasteiger partial charge on any atom is -0.372 e. The molecule has 2 rings (SSSR count). The third-order valence-electron chi connectivity index (χ3n) is 2.54. The fourth-order valence-corrected chi connectivity index (χ4v) is 1.54. The van der Waals surface area contributed by atoms with Gasteiger partial charge in [-0.25, -0.2) is 0 Å². The Kier molecular flexibility index (Phi) is 2.89. The summed E-state index contributed by atoms with van der Waals surface area (Å²) < 4.78 is 5.18. The monoisotopic (exact) mass is 202 g/mol. The van der Waals surface area contributed by atoms with E-state index in [1.807, 2.05) is 12.1 Å². The molecular weight excluding hydrogens is 188 g/mol. The first-order chi connectivity index (χ1) is 7.29. The molecule has 1 aliphatic heterocycles. The van der Waals surface area contributed by atoms with E-state index in [4.69, 9.17) is 10.00 Å². The lowest BCUT2D eigenvalue weighted by Gasteiger charge is -2.18. The van der Waals surface area contributed by atoms with Gasteiger partial charge in [0.25, 0.3) is 0 Å². The molecule has 0 aromatic heterocycles. The lowest BCUT2D eigenvalue weighted by Crippen LogP contribution is -2.22. The molecule has 0 spiro atoms. The summed E-state index contributed by atoms with van der Waals surface area (Å²) in [6.07, 6.45) is 0.893. The number of likely N-dealkylation sites (N-methyl/N-ethyl adjacent to an activating group) is 1. The van der Waals surface area contributed by atoms with Crippen LogP contribution in [0.5, 0.6) is 0 Å². The summed E-state index contributed by atoms with van der Waals surface area (Å²) in [6.45, 7) is 1.83. The van der Waals surface area contributed by atoms with Gasteiger partial charge in [0.15, 0.2) is 0 Å². The van der Waals surface area contributed by atoms with Crippen LogP contribution < -0.4 is 4.90 Å². The zero-order valence-corrected chi connectivity index (χ0v) is 8.81. The average Bonchev–Trinajstić information content (AvgIpc) is 3.03. The smallest absolute Gasteiger partial charge is 0.0984 e. The number of hydrogen-bond acceptors (Lipinski definition) is 3. The molecule has 0 saturated carbocycles. The van der Waals surface area contributed by atoms with Gasteiger partial charge in [0.05, 0.1) is 25.2 Å². The van der Waals surface area contributed by atoms with Gasteiger partial charge in [-0.15, -0.1) is 0 Å². The van der Waals surface area contributed by atoms with Gasteiger partial charge in [-0.1, -0.05) is 12.1 Å². The van der Waals surface area contributed by atoms with Gasteiger partial charge >= 0.3 is 0 Å². The standard InChI is InChI=1S/C12H14N2O/c1-14(8-12-9-15-12)11-4-2-10(3-5-11)6-7-13/h2-5,12H,6,8-9H2,1H3. The van der Waals surface area contributed by atoms with Crippen LogP contribution in [0.1, 0.15) is 5.56 Å². The van der Waals surface area contributed by atoms with Crippen molar-refractivity contribution in [3.05, 3.63) is 29.8 Å². The Hall–Kier alpha value is -1.53. The fraction of sp³-hybridized carbons (Fsp3) is 0.417. The molecule has 0 amide bonds. The van der Waals surface area contributed by atoms with Crippen LogP contribution >= 0.6 is 0 Å². The average molecular weight is 202 g/mol. The number of benzene rings is 1. The minimum absolute atomic E-state index is 0.411. The summed E-state index contributed by atoms with van der Waals surface area (Å²) >= 11 is 0. The van der Waals surface area contributed by atoms with Crippen molar-refractivity contribution in [2.45, 2.75) is 12.5 Å². The lowest BCUT2D eigenvalue weighted by molar-refractivity contribution is 0.410. The van der Waals surface area contributed by atoms with Crippen molar-refractivity contribution in [3.8, 4) is 6.07 Å². The largest absolute Gasteiger partial charge is 0.372 e. The molecule has 1 unspecified atom stereocenters. The fourth-order valence-electron chi connectivity index (χ4n) is 1.54. The molecule has 1 aromatic rings. The van der Waals surface area contributed by atoms with Crippen molar-refractivity contribution in [1.82, 2.24) is 0 Å². The highest BCUT2D eigenvalue weighted by Gasteiger charge is 2.23. The first-order valence-electron chi connectivity index (χ1n) is 5.08. The third-order valence-corrected chi connectivity index (χ3v) is 2.54. The van der Waals surface area contributed by atoms with Gasteiger partial charge in [-0.2, -0.15) is 5.26 Å². The van der Waals surface area contributed by atoms with Crippen molar-refractivity contribution in [1.29, 1.82) is 5.26 Å². The maximum Gasteiger partial charge on any atom is 0.0984 e. The molecule has 3 heteroatoms. The van der Waals surface area contributed by atoms with E-state index in [1.165, 1.54) is 5.69 Å². The van der Waals surface area contributed by atoms with Gasteiger partial charge in [0, 0.05) is 19.3 Å². The number of ether oxygens (including phenoxy) is 1. The molecule has 78 valence electrons. The highest BCUT2D eigenvalue weighted by Crippen LogP contribution is 2.18. The summed E-state index contributed by atoms with van der Waals surface area (Å²) in [5, 5.41) is 8.55. The van der Waals surface area contributed by atoms with E-state index in [0.29, 0.717) is 12.5 Å². The molecular formula is C12H14N2O. The maximum absolute atomic E-state index is 8.55. The molecule has 1 fully saturated rings. The molecule has 1 atom stereocenters. The number of rotatable bonds is 4. The molecule has 0 aliphatic carbocycles. The Bertz CT molecular complexity index is 362. The summed E-state index contributed by atoms with van der Waals surface area (Å²) in [5.74, 6) is 0. The van der Waals surface area contributed by atoms with E-state index >= 15 is 0 Å². The van der Waals surface area contributed by atoms with Crippen LogP contribution in [-0.4, -0.2) is 26.3 Å². The predicted octanol–water partition coefficient (Wildman–Crippen LogP) is 1.59. The second-order valence-electron chi connectivity index (χ2n) is 3.84. The molecule has 1 aromatic carbocycles. The van der Waals surface area contributed by atoms with E-state index < -0.39 is 0 Å². The molecule has 15 heavy (non-hydrogen) atoms. The van der Waals surface area contributed by atoms with Crippen LogP contribution in [0, 0.1) is 11.3 Å². The Morgan fingerprint density at radius 2 is 2.13 bits per heavy atom. The van der Waals surface area contributed by atoms with Crippen molar-refractivity contribution in [2.24, 2.45) is 0 Å². The minimum atomic E-state index is 0.411. The first-order valence-corrected chi connectivity index (χ1v) is 5.08. The second kappa shape index (κ2) is 4.33. The van der Waals surface area contributed by atoms with Crippen molar-refractivity contribution in [3.63, 3.8) is 0 Å². The van der Waals surface area contributed by atoms with Crippen molar-refractivity contribution < 1.29 is 4.74 Å². The van der Waals surface area contributed by atoms with Crippen LogP contribution in [0.15, 0.2) is 24.3 Å². The van der Waals surface area contributed by atoms with Crippen LogP contribution in [0.25, 0.3) is 0 Å². The molecule has 1 aliphatic rings. The Balaban J connectivity index is 1.98. The summed E-state index contributed by atoms with van der Waals surface area (Å²) in [6, 6.07) is 10.2. The molecule has 1 heterocycles. The lowest BCUT2D eigenvalue weighted by atomic mass is 10.1. The summed E-state index contributed by atoms with van der Waals surface area (Å²) in [7, 11) is 2.06. The number of nitriles is 1. The van der Waals surface area contributed by atoms with Gasteiger partial charge in [0.2, 0.25) is 0 Å². The zero-order chi connectivity index (χ0) is 10.7. The summed E-state index contributed by atoms with van der Waals surface area (Å²) in [5.41, 5.74) is 2.24. The molecule has 0 N–H and O–H groups in total. The molecule has 0 bridgehead atoms. The number of hydrogen-bond donors (Lipinski definition) is 0. The topological polar surface area (TPSA) is 39.6 Å². The van der Waals surface area contributed by atoms with Gasteiger partial charge in [-0.3, -0.25) is 0 Å². The van der Waals surface area contributed by atoms with E-state index in [0.717, 1.165) is 18.7 Å². The van der Waals surface area contributed by atoms with E-state index in [9.17, 15) is 0 Å². The van der Waals surface area contributed by atoms with Crippen LogP contribution in [0.3, 0.4) is 0 Å². The van der Waals surface area contributed by atoms with Gasteiger partial charge in [-0.05, 0) is 17.7 Å². The Labute approximate surface area is 89.9 Å². The number of nitrogens with zero attached hydrogens (tertiary/aromatic N) is 2. The SMILES string of the molecule is CN(CC1CO1)c1ccc(CC#N)cc1. The normalized spacial score (nSPS) is 18.3. The highest BCUT2D eigenvalue weighted by molar-refractivity contribution is 5.47. The molecule has 0 radical (unpaired) electrons. The van der Waals surface area contributed by atoms with Crippen LogP contribution in [-0.2, 0) is 11.2 Å². The molecule has 3 nitrogen and oxygen atoms in total. The number of epoxide rings is 1. The van der Waals surface area contributed by atoms with E-state index in [1.54, 1.807) is 0 Å². The van der Waals surface area contributed by atoms with Crippen molar-refractivity contribution in [2.75, 3.05) is 25.1 Å². The first kappa shape index (κ1) is 10.0. The van der Waals surface area contributed by atoms with Crippen LogP contribution in [0.4, 0.5) is 5.69 Å². The van der Waals surface area contributed by atoms with Gasteiger partial charge < -0.3 is 9.64 Å². The van der Waals surface area contributed by atoms with Crippen LogP contribution in [0.2, 0.25) is 0 Å². The third kappa shape index (κ3) is 2.71. The van der Waals surface area contributed by atoms with Crippen molar-refractivity contribution >= 4 is 5.69 Å². The predicted molar refractivity (Wildman–Crippen MR) is 58.8 cm³/mol. The Morgan fingerprint density at radius 1 is 1.47 bits per heavy atom.